The van der Waals surface area contributed by atoms with Gasteiger partial charge < -0.3 is 9.84 Å². The molecule has 1 aromatic carbocycles. The zero-order valence-electron chi connectivity index (χ0n) is 12.6. The van der Waals surface area contributed by atoms with Gasteiger partial charge in [0.25, 0.3) is 0 Å². The zero-order chi connectivity index (χ0) is 15.0. The lowest BCUT2D eigenvalue weighted by Gasteiger charge is -2.20. The molecule has 0 saturated carbocycles. The molecule has 0 amide bonds. The van der Waals surface area contributed by atoms with E-state index >= 15 is 0 Å². The van der Waals surface area contributed by atoms with Gasteiger partial charge in [0.15, 0.2) is 0 Å². The van der Waals surface area contributed by atoms with Crippen molar-refractivity contribution in [2.75, 3.05) is 26.8 Å². The molecule has 4 nitrogen and oxygen atoms in total. The van der Waals surface area contributed by atoms with Gasteiger partial charge in [-0.3, -0.25) is 9.69 Å². The van der Waals surface area contributed by atoms with Crippen LogP contribution < -0.4 is 0 Å². The van der Waals surface area contributed by atoms with E-state index in [0.29, 0.717) is 25.6 Å². The number of methoxy groups -OCH3 is 1. The summed E-state index contributed by atoms with van der Waals surface area (Å²) in [6.45, 7) is 6.24. The molecule has 4 heteroatoms. The van der Waals surface area contributed by atoms with Gasteiger partial charge in [-0.25, -0.2) is 0 Å². The second-order valence-electron chi connectivity index (χ2n) is 5.51. The molecule has 0 heterocycles. The van der Waals surface area contributed by atoms with Crippen molar-refractivity contribution in [1.29, 1.82) is 0 Å². The Morgan fingerprint density at radius 1 is 1.25 bits per heavy atom. The van der Waals surface area contributed by atoms with E-state index in [9.17, 15) is 4.79 Å². The van der Waals surface area contributed by atoms with Crippen LogP contribution in [-0.2, 0) is 22.5 Å². The van der Waals surface area contributed by atoms with E-state index < -0.39 is 5.97 Å². The minimum absolute atomic E-state index is 0.0388. The average molecular weight is 279 g/mol. The molecule has 0 aliphatic rings. The van der Waals surface area contributed by atoms with Crippen LogP contribution >= 0.6 is 0 Å². The minimum atomic E-state index is -0.808. The van der Waals surface area contributed by atoms with Crippen molar-refractivity contribution in [3.63, 3.8) is 0 Å². The standard InChI is InChI=1S/C16H25NO3/c1-13(2)10-14-4-6-15(7-5-14)11-17(8-9-20-3)12-16(18)19/h4-7,13H,8-12H2,1-3H3,(H,18,19). The molecule has 1 rings (SSSR count). The number of aliphatic carboxylic acids is 1. The third-order valence-electron chi connectivity index (χ3n) is 3.04. The number of rotatable bonds is 9. The van der Waals surface area contributed by atoms with Crippen LogP contribution in [0.3, 0.4) is 0 Å². The number of nitrogens with zero attached hydrogens (tertiary/aromatic N) is 1. The van der Waals surface area contributed by atoms with Crippen molar-refractivity contribution in [2.45, 2.75) is 26.8 Å². The first kappa shape index (κ1) is 16.7. The summed E-state index contributed by atoms with van der Waals surface area (Å²) in [7, 11) is 1.62. The Kier molecular flexibility index (Phi) is 7.26. The smallest absolute Gasteiger partial charge is 0.317 e. The van der Waals surface area contributed by atoms with Gasteiger partial charge in [-0.15, -0.1) is 0 Å². The van der Waals surface area contributed by atoms with E-state index in [1.807, 2.05) is 4.90 Å². The van der Waals surface area contributed by atoms with Crippen molar-refractivity contribution in [3.05, 3.63) is 35.4 Å². The Bertz CT molecular complexity index is 401. The number of carboxylic acids is 1. The highest BCUT2D eigenvalue weighted by molar-refractivity contribution is 5.69. The maximum Gasteiger partial charge on any atom is 0.317 e. The summed E-state index contributed by atoms with van der Waals surface area (Å²) in [6, 6.07) is 8.42. The third kappa shape index (κ3) is 6.68. The zero-order valence-corrected chi connectivity index (χ0v) is 12.6. The van der Waals surface area contributed by atoms with Gasteiger partial charge >= 0.3 is 5.97 Å². The predicted octanol–water partition coefficient (Wildman–Crippen LogP) is 2.42. The Morgan fingerprint density at radius 3 is 2.35 bits per heavy atom. The molecule has 1 aromatic rings. The minimum Gasteiger partial charge on any atom is -0.480 e. The van der Waals surface area contributed by atoms with Crippen LogP contribution in [0, 0.1) is 5.92 Å². The first-order chi connectivity index (χ1) is 9.51. The SMILES string of the molecule is COCCN(CC(=O)O)Cc1ccc(CC(C)C)cc1. The highest BCUT2D eigenvalue weighted by atomic mass is 16.5. The van der Waals surface area contributed by atoms with Gasteiger partial charge in [-0.05, 0) is 23.5 Å². The highest BCUT2D eigenvalue weighted by Crippen LogP contribution is 2.11. The summed E-state index contributed by atoms with van der Waals surface area (Å²) in [5, 5.41) is 8.92. The van der Waals surface area contributed by atoms with Gasteiger partial charge in [0, 0.05) is 20.2 Å². The van der Waals surface area contributed by atoms with E-state index in [-0.39, 0.29) is 6.54 Å². The van der Waals surface area contributed by atoms with Crippen molar-refractivity contribution in [3.8, 4) is 0 Å². The fourth-order valence-corrected chi connectivity index (χ4v) is 2.14. The van der Waals surface area contributed by atoms with Crippen LogP contribution in [-0.4, -0.2) is 42.8 Å². The van der Waals surface area contributed by atoms with Crippen LogP contribution in [0.15, 0.2) is 24.3 Å². The molecular formula is C16H25NO3. The molecule has 0 aliphatic heterocycles. The van der Waals surface area contributed by atoms with Crippen LogP contribution in [0.1, 0.15) is 25.0 Å². The van der Waals surface area contributed by atoms with Gasteiger partial charge in [-0.1, -0.05) is 38.1 Å². The quantitative estimate of drug-likeness (QED) is 0.754. The summed E-state index contributed by atoms with van der Waals surface area (Å²) >= 11 is 0. The van der Waals surface area contributed by atoms with Crippen molar-refractivity contribution in [2.24, 2.45) is 5.92 Å². The van der Waals surface area contributed by atoms with E-state index in [1.165, 1.54) is 5.56 Å². The van der Waals surface area contributed by atoms with Crippen LogP contribution in [0.5, 0.6) is 0 Å². The third-order valence-corrected chi connectivity index (χ3v) is 3.04. The number of hydrogen-bond acceptors (Lipinski definition) is 3. The lowest BCUT2D eigenvalue weighted by molar-refractivity contribution is -0.138. The molecule has 0 saturated heterocycles. The molecule has 0 unspecified atom stereocenters. The molecule has 0 aromatic heterocycles. The molecule has 0 bridgehead atoms. The van der Waals surface area contributed by atoms with Gasteiger partial charge in [0.2, 0.25) is 0 Å². The Hall–Kier alpha value is -1.39. The number of ether oxygens (including phenoxy) is 1. The van der Waals surface area contributed by atoms with Crippen molar-refractivity contribution < 1.29 is 14.6 Å². The maximum atomic E-state index is 10.9. The lowest BCUT2D eigenvalue weighted by Crippen LogP contribution is -2.32. The van der Waals surface area contributed by atoms with Gasteiger partial charge in [-0.2, -0.15) is 0 Å². The monoisotopic (exact) mass is 279 g/mol. The molecule has 0 radical (unpaired) electrons. The summed E-state index contributed by atoms with van der Waals surface area (Å²) in [5.41, 5.74) is 2.46. The van der Waals surface area contributed by atoms with Crippen LogP contribution in [0.4, 0.5) is 0 Å². The molecule has 20 heavy (non-hydrogen) atoms. The number of hydrogen-bond donors (Lipinski definition) is 1. The van der Waals surface area contributed by atoms with Gasteiger partial charge in [0.05, 0.1) is 13.2 Å². The van der Waals surface area contributed by atoms with Crippen molar-refractivity contribution >= 4 is 5.97 Å². The normalized spacial score (nSPS) is 11.2. The lowest BCUT2D eigenvalue weighted by atomic mass is 10.0. The largest absolute Gasteiger partial charge is 0.480 e. The number of carbonyl (C=O) groups is 1. The van der Waals surface area contributed by atoms with E-state index in [2.05, 4.69) is 38.1 Å². The molecule has 112 valence electrons. The molecule has 1 N–H and O–H groups in total. The molecular weight excluding hydrogens is 254 g/mol. The Morgan fingerprint density at radius 2 is 1.85 bits per heavy atom. The highest BCUT2D eigenvalue weighted by Gasteiger charge is 2.10. The summed E-state index contributed by atoms with van der Waals surface area (Å²) in [6.07, 6.45) is 1.07. The molecule has 0 fully saturated rings. The fourth-order valence-electron chi connectivity index (χ4n) is 2.14. The molecule has 0 atom stereocenters. The Labute approximate surface area is 121 Å². The second-order valence-corrected chi connectivity index (χ2v) is 5.51. The van der Waals surface area contributed by atoms with Crippen LogP contribution in [0.25, 0.3) is 0 Å². The Balaban J connectivity index is 2.60. The van der Waals surface area contributed by atoms with E-state index in [4.69, 9.17) is 9.84 Å². The van der Waals surface area contributed by atoms with Crippen LogP contribution in [0.2, 0.25) is 0 Å². The second kappa shape index (κ2) is 8.72. The average Bonchev–Trinajstić information content (AvgIpc) is 2.37. The number of benzene rings is 1. The van der Waals surface area contributed by atoms with E-state index in [0.717, 1.165) is 12.0 Å². The fraction of sp³-hybridized carbons (Fsp3) is 0.562. The summed E-state index contributed by atoms with van der Waals surface area (Å²) in [4.78, 5) is 12.7. The van der Waals surface area contributed by atoms with E-state index in [1.54, 1.807) is 7.11 Å². The summed E-state index contributed by atoms with van der Waals surface area (Å²) in [5.74, 6) is -0.163. The number of carboxylic acid groups (broad SMARTS) is 1. The first-order valence-corrected chi connectivity index (χ1v) is 7.02. The molecule has 0 spiro atoms. The predicted molar refractivity (Wildman–Crippen MR) is 79.8 cm³/mol. The van der Waals surface area contributed by atoms with Gasteiger partial charge in [0.1, 0.15) is 0 Å². The maximum absolute atomic E-state index is 10.9. The molecule has 0 aliphatic carbocycles. The summed E-state index contributed by atoms with van der Waals surface area (Å²) < 4.78 is 5.02. The van der Waals surface area contributed by atoms with Crippen molar-refractivity contribution in [1.82, 2.24) is 4.90 Å². The topological polar surface area (TPSA) is 49.8 Å². The first-order valence-electron chi connectivity index (χ1n) is 7.02.